The Morgan fingerprint density at radius 2 is 1.76 bits per heavy atom. The van der Waals surface area contributed by atoms with Crippen LogP contribution in [0.2, 0.25) is 0 Å². The molecule has 1 aliphatic heterocycles. The highest BCUT2D eigenvalue weighted by Gasteiger charge is 2.38. The van der Waals surface area contributed by atoms with Crippen LogP contribution in [0.3, 0.4) is 0 Å². The van der Waals surface area contributed by atoms with Gasteiger partial charge in [-0.2, -0.15) is 25.9 Å². The first kappa shape index (κ1) is 33.0. The van der Waals surface area contributed by atoms with Gasteiger partial charge in [-0.3, -0.25) is 4.72 Å². The van der Waals surface area contributed by atoms with Crippen molar-refractivity contribution in [2.24, 2.45) is 0 Å². The van der Waals surface area contributed by atoms with E-state index < -0.39 is 38.2 Å². The number of benzene rings is 2. The van der Waals surface area contributed by atoms with Gasteiger partial charge in [0.2, 0.25) is 0 Å². The number of carbonyl (C=O) groups is 1. The summed E-state index contributed by atoms with van der Waals surface area (Å²) >= 11 is 0. The van der Waals surface area contributed by atoms with Crippen molar-refractivity contribution in [3.63, 3.8) is 0 Å². The van der Waals surface area contributed by atoms with Crippen molar-refractivity contribution in [2.75, 3.05) is 32.0 Å². The minimum Gasteiger partial charge on any atom is -0.475 e. The maximum Gasteiger partial charge on any atom is 0.490 e. The average Bonchev–Trinajstić information content (AvgIpc) is 3.57. The molecule has 17 heteroatoms. The van der Waals surface area contributed by atoms with Gasteiger partial charge >= 0.3 is 22.4 Å². The van der Waals surface area contributed by atoms with Gasteiger partial charge in [0.05, 0.1) is 22.4 Å². The number of hydrogen-bond donors (Lipinski definition) is 3. The second kappa shape index (κ2) is 13.2. The van der Waals surface area contributed by atoms with E-state index in [0.717, 1.165) is 3.97 Å². The molecule has 0 spiro atoms. The first-order valence-electron chi connectivity index (χ1n) is 12.2. The van der Waals surface area contributed by atoms with Crippen LogP contribution in [0.15, 0.2) is 65.7 Å². The van der Waals surface area contributed by atoms with Crippen molar-refractivity contribution in [2.45, 2.75) is 30.1 Å². The summed E-state index contributed by atoms with van der Waals surface area (Å²) in [6.07, 6.45) is -3.26. The molecule has 42 heavy (non-hydrogen) atoms. The normalized spacial score (nSPS) is 16.1. The Morgan fingerprint density at radius 1 is 1.10 bits per heavy atom. The number of carboxylic acid groups (broad SMARTS) is 1. The summed E-state index contributed by atoms with van der Waals surface area (Å²) in [5.74, 6) is -3.31. The zero-order valence-corrected chi connectivity index (χ0v) is 23.9. The van der Waals surface area contributed by atoms with Crippen LogP contribution in [-0.4, -0.2) is 75.7 Å². The number of rotatable bonds is 9. The van der Waals surface area contributed by atoms with E-state index in [2.05, 4.69) is 10.0 Å². The standard InChI is InChI=1S/C23H27FN4O5S2.C2HF3O2/c1-25-14-17-12-23(21-8-3-4-9-22(21)24)28(15-17)34(29,30)20-7-5-6-18(13-20)26-35(31,32)27-11-10-19(16-27)33-2;3-2(4,5)1(6)7/h3-9,12-13,15,19,25-26H,10-11,14,16H2,1-2H3;(H,6,7)/t19-;/m0./s1. The molecule has 1 aliphatic rings. The van der Waals surface area contributed by atoms with Gasteiger partial charge < -0.3 is 15.2 Å². The van der Waals surface area contributed by atoms with E-state index >= 15 is 0 Å². The molecular formula is C25H28F4N4O7S2. The Morgan fingerprint density at radius 3 is 2.33 bits per heavy atom. The zero-order valence-electron chi connectivity index (χ0n) is 22.3. The second-order valence-electron chi connectivity index (χ2n) is 8.99. The number of halogens is 4. The highest BCUT2D eigenvalue weighted by Crippen LogP contribution is 2.30. The summed E-state index contributed by atoms with van der Waals surface area (Å²) in [6.45, 7) is 0.894. The lowest BCUT2D eigenvalue weighted by atomic mass is 10.1. The lowest BCUT2D eigenvalue weighted by molar-refractivity contribution is -0.192. The fraction of sp³-hybridized carbons (Fsp3) is 0.320. The molecule has 0 amide bonds. The van der Waals surface area contributed by atoms with Crippen molar-refractivity contribution < 1.29 is 49.0 Å². The van der Waals surface area contributed by atoms with Gasteiger partial charge in [0.15, 0.2) is 0 Å². The van der Waals surface area contributed by atoms with Crippen molar-refractivity contribution in [1.29, 1.82) is 0 Å². The molecule has 3 aromatic rings. The molecule has 0 bridgehead atoms. The Balaban J connectivity index is 0.000000616. The van der Waals surface area contributed by atoms with E-state index in [9.17, 15) is 34.4 Å². The van der Waals surface area contributed by atoms with Crippen molar-refractivity contribution in [3.8, 4) is 11.3 Å². The second-order valence-corrected chi connectivity index (χ2v) is 12.5. The van der Waals surface area contributed by atoms with Gasteiger partial charge in [0.25, 0.3) is 10.0 Å². The number of methoxy groups -OCH3 is 1. The Bertz CT molecular complexity index is 1630. The summed E-state index contributed by atoms with van der Waals surface area (Å²) in [5.41, 5.74) is 1.05. The molecule has 1 saturated heterocycles. The van der Waals surface area contributed by atoms with E-state index in [4.69, 9.17) is 14.6 Å². The van der Waals surface area contributed by atoms with Crippen LogP contribution in [-0.2, 0) is 36.3 Å². The summed E-state index contributed by atoms with van der Waals surface area (Å²) < 4.78 is 109. The number of aromatic nitrogens is 1. The smallest absolute Gasteiger partial charge is 0.475 e. The third-order valence-corrected chi connectivity index (χ3v) is 9.21. The number of nitrogens with one attached hydrogen (secondary N) is 2. The molecule has 4 rings (SSSR count). The number of alkyl halides is 3. The number of hydrogen-bond acceptors (Lipinski definition) is 7. The highest BCUT2D eigenvalue weighted by molar-refractivity contribution is 7.90. The highest BCUT2D eigenvalue weighted by atomic mass is 32.2. The number of carboxylic acids is 1. The SMILES string of the molecule is CNCc1cc(-c2ccccc2F)n(S(=O)(=O)c2cccc(NS(=O)(=O)N3CC[C@H](OC)C3)c2)c1.O=C(O)C(F)(F)F. The van der Waals surface area contributed by atoms with Crippen LogP contribution >= 0.6 is 0 Å². The lowest BCUT2D eigenvalue weighted by Gasteiger charge is -2.18. The molecule has 2 heterocycles. The van der Waals surface area contributed by atoms with Gasteiger partial charge in [-0.05, 0) is 55.4 Å². The van der Waals surface area contributed by atoms with Crippen LogP contribution < -0.4 is 10.0 Å². The Kier molecular flexibility index (Phi) is 10.4. The minimum atomic E-state index is -5.08. The van der Waals surface area contributed by atoms with Gasteiger partial charge in [-0.25, -0.2) is 21.6 Å². The van der Waals surface area contributed by atoms with E-state index in [1.807, 2.05) is 0 Å². The summed E-state index contributed by atoms with van der Waals surface area (Å²) in [6, 6.07) is 13.1. The molecular weight excluding hydrogens is 608 g/mol. The van der Waals surface area contributed by atoms with Crippen molar-refractivity contribution in [1.82, 2.24) is 13.6 Å². The summed E-state index contributed by atoms with van der Waals surface area (Å²) in [5, 5.41) is 10.1. The van der Waals surface area contributed by atoms with Gasteiger partial charge in [0, 0.05) is 38.5 Å². The molecule has 0 saturated carbocycles. The fourth-order valence-corrected chi connectivity index (χ4v) is 6.72. The number of ether oxygens (including phenoxy) is 1. The monoisotopic (exact) mass is 636 g/mol. The molecule has 2 aromatic carbocycles. The largest absolute Gasteiger partial charge is 0.490 e. The third kappa shape index (κ3) is 7.86. The van der Waals surface area contributed by atoms with Crippen molar-refractivity contribution in [3.05, 3.63) is 72.2 Å². The lowest BCUT2D eigenvalue weighted by Crippen LogP contribution is -2.35. The van der Waals surface area contributed by atoms with Crippen LogP contribution in [0.1, 0.15) is 12.0 Å². The number of aliphatic carboxylic acids is 1. The van der Waals surface area contributed by atoms with Crippen molar-refractivity contribution >= 4 is 31.9 Å². The quantitative estimate of drug-likeness (QED) is 0.304. The van der Waals surface area contributed by atoms with Crippen LogP contribution in [0, 0.1) is 5.82 Å². The van der Waals surface area contributed by atoms with Gasteiger partial charge in [-0.15, -0.1) is 0 Å². The summed E-state index contributed by atoms with van der Waals surface area (Å²) in [4.78, 5) is 8.76. The van der Waals surface area contributed by atoms with E-state index in [1.165, 1.54) is 60.1 Å². The topological polar surface area (TPSA) is 147 Å². The van der Waals surface area contributed by atoms with Crippen LogP contribution in [0.5, 0.6) is 0 Å². The number of nitrogens with zero attached hydrogens (tertiary/aromatic N) is 2. The third-order valence-electron chi connectivity index (χ3n) is 6.03. The molecule has 0 radical (unpaired) electrons. The first-order chi connectivity index (χ1) is 19.6. The van der Waals surface area contributed by atoms with Crippen LogP contribution in [0.25, 0.3) is 11.3 Å². The average molecular weight is 637 g/mol. The fourth-order valence-electron chi connectivity index (χ4n) is 4.02. The molecule has 3 N–H and O–H groups in total. The predicted octanol–water partition coefficient (Wildman–Crippen LogP) is 3.26. The van der Waals surface area contributed by atoms with E-state index in [1.54, 1.807) is 19.2 Å². The molecule has 230 valence electrons. The molecule has 11 nitrogen and oxygen atoms in total. The van der Waals surface area contributed by atoms with E-state index in [-0.39, 0.29) is 34.5 Å². The first-order valence-corrected chi connectivity index (χ1v) is 15.1. The van der Waals surface area contributed by atoms with Gasteiger partial charge in [0.1, 0.15) is 5.82 Å². The molecule has 1 fully saturated rings. The maximum absolute atomic E-state index is 14.6. The van der Waals surface area contributed by atoms with Crippen LogP contribution in [0.4, 0.5) is 23.2 Å². The number of anilines is 1. The maximum atomic E-state index is 14.6. The Labute approximate surface area is 239 Å². The predicted molar refractivity (Wildman–Crippen MR) is 145 cm³/mol. The molecule has 1 aromatic heterocycles. The molecule has 1 atom stereocenters. The molecule has 0 aliphatic carbocycles. The Hall–Kier alpha value is -3.51. The van der Waals surface area contributed by atoms with E-state index in [0.29, 0.717) is 25.1 Å². The summed E-state index contributed by atoms with van der Waals surface area (Å²) in [7, 11) is -4.84. The zero-order chi connectivity index (χ0) is 31.3. The minimum absolute atomic E-state index is 0.0991. The van der Waals surface area contributed by atoms with Gasteiger partial charge in [-0.1, -0.05) is 18.2 Å². The molecule has 0 unspecified atom stereocenters.